The number of fused-ring (bicyclic) bond motifs is 3. The van der Waals surface area contributed by atoms with Gasteiger partial charge >= 0.3 is 5.97 Å². The first-order valence-electron chi connectivity index (χ1n) is 25.8. The minimum Gasteiger partial charge on any atom is -0.459 e. The van der Waals surface area contributed by atoms with Crippen molar-refractivity contribution in [1.29, 1.82) is 0 Å². The van der Waals surface area contributed by atoms with Crippen molar-refractivity contribution in [2.24, 2.45) is 29.4 Å². The van der Waals surface area contributed by atoms with Crippen molar-refractivity contribution in [2.75, 3.05) is 34.0 Å². The van der Waals surface area contributed by atoms with E-state index < -0.39 is 89.5 Å². The van der Waals surface area contributed by atoms with Crippen molar-refractivity contribution in [1.82, 2.24) is 19.9 Å². The van der Waals surface area contributed by atoms with Gasteiger partial charge in [-0.2, -0.15) is 0 Å². The van der Waals surface area contributed by atoms with Gasteiger partial charge in [0, 0.05) is 57.9 Å². The number of piperidine rings is 1. The highest BCUT2D eigenvalue weighted by Crippen LogP contribution is 2.37. The van der Waals surface area contributed by atoms with E-state index in [4.69, 9.17) is 34.5 Å². The Balaban J connectivity index is 1.42. The molecule has 0 aromatic carbocycles. The molecule has 1 aliphatic carbocycles. The number of carbonyl (C=O) groups excluding carboxylic acids is 5. The summed E-state index contributed by atoms with van der Waals surface area (Å²) in [5.74, 6) is -8.02. The Kier molecular flexibility index (Phi) is 22.6. The second-order valence-corrected chi connectivity index (χ2v) is 20.5. The first-order chi connectivity index (χ1) is 34.3. The predicted molar refractivity (Wildman–Crippen MR) is 264 cm³/mol. The van der Waals surface area contributed by atoms with Gasteiger partial charge in [0.2, 0.25) is 5.79 Å². The fourth-order valence-corrected chi connectivity index (χ4v) is 10.6. The lowest BCUT2D eigenvalue weighted by Crippen LogP contribution is -2.58. The molecule has 5 rings (SSSR count). The van der Waals surface area contributed by atoms with Gasteiger partial charge < -0.3 is 54.7 Å². The number of aromatic nitrogens is 3. The number of methoxy groups -OCH3 is 2. The SMILES string of the molecule is CO[C@H]1C[C@@H]2CCC[C@@](O)(O2)C(=O)C(=O)N2CCCC[C@H]2C(=O)O[C@H]([C@H](N)C[C@@H]2CC[C@H](n3cc(COCCO)nn3)[C@H](OC)C2)CC(=O)[C@H](C)/C=C(\C)C(O)[C@@H](O)C(=O)[C@H](C)C[C@H](C)/C=C/C=C/C=C/1C. The molecule has 1 saturated carbocycles. The molecule has 14 atom stereocenters. The first-order valence-corrected chi connectivity index (χ1v) is 25.8. The van der Waals surface area contributed by atoms with Crippen molar-refractivity contribution >= 4 is 29.2 Å². The lowest BCUT2D eigenvalue weighted by atomic mass is 9.79. The molecule has 4 aliphatic rings. The molecular formula is C53H81N5O14. The number of aliphatic hydroxyl groups is 4. The zero-order chi connectivity index (χ0) is 52.7. The van der Waals surface area contributed by atoms with Crippen molar-refractivity contribution in [2.45, 2.75) is 185 Å². The molecule has 6 N–H and O–H groups in total. The molecule has 1 aromatic heterocycles. The van der Waals surface area contributed by atoms with Crippen molar-refractivity contribution in [3.63, 3.8) is 0 Å². The van der Waals surface area contributed by atoms with Crippen LogP contribution < -0.4 is 5.73 Å². The largest absolute Gasteiger partial charge is 0.459 e. The summed E-state index contributed by atoms with van der Waals surface area (Å²) < 4.78 is 31.1. The number of amides is 1. The van der Waals surface area contributed by atoms with Gasteiger partial charge in [0.25, 0.3) is 11.7 Å². The highest BCUT2D eigenvalue weighted by atomic mass is 16.6. The molecule has 1 unspecified atom stereocenters. The smallest absolute Gasteiger partial charge is 0.329 e. The molecule has 1 amide bonds. The van der Waals surface area contributed by atoms with Crippen molar-refractivity contribution in [3.8, 4) is 0 Å². The third-order valence-corrected chi connectivity index (χ3v) is 14.9. The molecule has 0 radical (unpaired) electrons. The number of Topliss-reactive ketones (excluding diaryl/α,β-unsaturated/α-hetero) is 3. The minimum absolute atomic E-state index is 0.0305. The second kappa shape index (κ2) is 27.8. The number of nitrogens with zero attached hydrogens (tertiary/aromatic N) is 4. The van der Waals surface area contributed by atoms with Crippen LogP contribution in [0.4, 0.5) is 0 Å². The highest BCUT2D eigenvalue weighted by Gasteiger charge is 2.49. The van der Waals surface area contributed by atoms with E-state index >= 15 is 0 Å². The zero-order valence-corrected chi connectivity index (χ0v) is 43.3. The molecule has 72 heavy (non-hydrogen) atoms. The average molecular weight is 1010 g/mol. The molecule has 19 heteroatoms. The highest BCUT2D eigenvalue weighted by molar-refractivity contribution is 6.39. The van der Waals surface area contributed by atoms with E-state index in [2.05, 4.69) is 10.3 Å². The van der Waals surface area contributed by atoms with Crippen molar-refractivity contribution < 1.29 is 68.1 Å². The van der Waals surface area contributed by atoms with Gasteiger partial charge in [-0.05, 0) is 101 Å². The molecule has 2 saturated heterocycles. The number of allylic oxidation sites excluding steroid dienone is 6. The molecule has 4 heterocycles. The Labute approximate surface area is 424 Å². The van der Waals surface area contributed by atoms with Crippen LogP contribution >= 0.6 is 0 Å². The second-order valence-electron chi connectivity index (χ2n) is 20.5. The molecule has 3 aliphatic heterocycles. The number of cyclic esters (lactones) is 1. The summed E-state index contributed by atoms with van der Waals surface area (Å²) in [7, 11) is 3.17. The quantitative estimate of drug-likeness (QED) is 0.0961. The Morgan fingerprint density at radius 2 is 1.68 bits per heavy atom. The molecule has 0 spiro atoms. The van der Waals surface area contributed by atoms with Gasteiger partial charge in [0.05, 0.1) is 50.4 Å². The van der Waals surface area contributed by atoms with Gasteiger partial charge in [-0.15, -0.1) is 5.10 Å². The maximum absolute atomic E-state index is 14.4. The number of rotatable bonds is 10. The van der Waals surface area contributed by atoms with Crippen LogP contribution in [0.5, 0.6) is 0 Å². The van der Waals surface area contributed by atoms with Crippen LogP contribution in [0.25, 0.3) is 0 Å². The normalized spacial score (nSPS) is 36.6. The molecular weight excluding hydrogens is 931 g/mol. The van der Waals surface area contributed by atoms with Gasteiger partial charge in [0.15, 0.2) is 5.78 Å². The third-order valence-electron chi connectivity index (χ3n) is 14.9. The maximum Gasteiger partial charge on any atom is 0.329 e. The van der Waals surface area contributed by atoms with Crippen LogP contribution in [0.1, 0.15) is 130 Å². The fourth-order valence-electron chi connectivity index (χ4n) is 10.6. The van der Waals surface area contributed by atoms with Gasteiger partial charge in [-0.3, -0.25) is 19.2 Å². The van der Waals surface area contributed by atoms with E-state index in [1.807, 2.05) is 44.2 Å². The third kappa shape index (κ3) is 15.9. The van der Waals surface area contributed by atoms with Crippen LogP contribution in [-0.2, 0) is 54.3 Å². The summed E-state index contributed by atoms with van der Waals surface area (Å²) in [5, 5.41) is 51.6. The number of ketones is 3. The molecule has 402 valence electrons. The molecule has 3 fully saturated rings. The topological polar surface area (TPSA) is 272 Å². The monoisotopic (exact) mass is 1010 g/mol. The number of esters is 1. The maximum atomic E-state index is 14.4. The van der Waals surface area contributed by atoms with Crippen LogP contribution in [0, 0.1) is 23.7 Å². The minimum atomic E-state index is -2.43. The van der Waals surface area contributed by atoms with E-state index in [9.17, 15) is 39.3 Å². The Morgan fingerprint density at radius 3 is 2.40 bits per heavy atom. The summed E-state index contributed by atoms with van der Waals surface area (Å²) in [5.41, 5.74) is 8.63. The summed E-state index contributed by atoms with van der Waals surface area (Å²) in [4.78, 5) is 71.4. The average Bonchev–Trinajstić information content (AvgIpc) is 3.84. The summed E-state index contributed by atoms with van der Waals surface area (Å²) in [6.45, 7) is 8.97. The fraction of sp³-hybridized carbons (Fsp3) is 0.717. The van der Waals surface area contributed by atoms with Crippen LogP contribution in [0.2, 0.25) is 0 Å². The number of aliphatic hydroxyl groups excluding tert-OH is 3. The van der Waals surface area contributed by atoms with E-state index in [-0.39, 0.29) is 75.2 Å². The standard InChI is InChI=1S/C53H81N5O14/c1-32-14-9-8-10-15-33(2)44(68-6)28-39-16-13-20-53(67,72-39)50(64)51(65)57-21-12-11-17-42(57)52(66)71-45(29-43(60)34(3)25-36(5)48(62)49(63)47(61)35(4)24-32)40(54)26-37-18-19-41(46(27-37)69-7)58-30-38(55-56-58)31-70-23-22-59/h8-10,14-15,25,30,32,34-35,37,39-42,44-46,48-49,59,62-63,67H,11-13,16-24,26-29,31,54H2,1-7H3/b10-8+,14-9+,33-15+,36-25+/t32-,34-,35-,37+,39+,40-,41+,42+,44+,45+,46-,48?,49+,53-/m1/s1. The van der Waals surface area contributed by atoms with Crippen molar-refractivity contribution in [3.05, 3.63) is 59.5 Å². The number of hydrogen-bond acceptors (Lipinski definition) is 17. The Morgan fingerprint density at radius 1 is 0.917 bits per heavy atom. The lowest BCUT2D eigenvalue weighted by Gasteiger charge is -2.40. The molecule has 2 bridgehead atoms. The van der Waals surface area contributed by atoms with Crippen LogP contribution in [0.3, 0.4) is 0 Å². The van der Waals surface area contributed by atoms with E-state index in [1.54, 1.807) is 38.9 Å². The lowest BCUT2D eigenvalue weighted by molar-refractivity contribution is -0.245. The Bertz CT molecular complexity index is 2110. The van der Waals surface area contributed by atoms with E-state index in [1.165, 1.54) is 13.0 Å². The summed E-state index contributed by atoms with van der Waals surface area (Å²) >= 11 is 0. The number of ether oxygens (including phenoxy) is 5. The summed E-state index contributed by atoms with van der Waals surface area (Å²) in [6, 6.07) is -2.24. The van der Waals surface area contributed by atoms with E-state index in [0.29, 0.717) is 69.9 Å². The van der Waals surface area contributed by atoms with Gasteiger partial charge in [-0.1, -0.05) is 62.4 Å². The first kappa shape index (κ1) is 58.6. The van der Waals surface area contributed by atoms with Crippen LogP contribution in [0.15, 0.2) is 53.8 Å². The molecule has 19 nitrogen and oxygen atoms in total. The van der Waals surface area contributed by atoms with Gasteiger partial charge in [0.1, 0.15) is 35.8 Å². The number of hydrogen-bond donors (Lipinski definition) is 5. The summed E-state index contributed by atoms with van der Waals surface area (Å²) in [6.07, 6.45) is 11.3. The Hall–Kier alpha value is -4.31. The zero-order valence-electron chi connectivity index (χ0n) is 43.3. The van der Waals surface area contributed by atoms with Crippen LogP contribution in [-0.4, -0.2) is 158 Å². The van der Waals surface area contributed by atoms with Gasteiger partial charge in [-0.25, -0.2) is 9.48 Å². The van der Waals surface area contributed by atoms with E-state index in [0.717, 1.165) is 10.5 Å². The number of nitrogens with two attached hydrogens (primary N) is 1. The molecule has 1 aromatic rings. The predicted octanol–water partition coefficient (Wildman–Crippen LogP) is 3.95. The number of carbonyl (C=O) groups is 5.